The fraction of sp³-hybridized carbons (Fsp3) is 0. The number of nitrogens with two attached hydrogens (primary N) is 4. The van der Waals surface area contributed by atoms with Gasteiger partial charge in [0.15, 0.2) is 0 Å². The van der Waals surface area contributed by atoms with E-state index in [1.54, 1.807) is 0 Å². The molecule has 0 atom stereocenters. The normalized spacial score (nSPS) is 10.7. The SMILES string of the molecule is NC(N)=N/N=C/c1cncc(/C=N/N=C(N)N)n1. The van der Waals surface area contributed by atoms with E-state index in [1.165, 1.54) is 24.8 Å². The highest BCUT2D eigenvalue weighted by molar-refractivity contribution is 5.82. The van der Waals surface area contributed by atoms with Crippen molar-refractivity contribution >= 4 is 24.3 Å². The van der Waals surface area contributed by atoms with Crippen LogP contribution in [0.3, 0.4) is 0 Å². The smallest absolute Gasteiger partial charge is 0.211 e. The van der Waals surface area contributed by atoms with Crippen molar-refractivity contribution < 1.29 is 0 Å². The molecular weight excluding hydrogens is 236 g/mol. The first-order valence-electron chi connectivity index (χ1n) is 4.64. The fourth-order valence-corrected chi connectivity index (χ4v) is 0.831. The van der Waals surface area contributed by atoms with Gasteiger partial charge in [0.1, 0.15) is 11.4 Å². The number of aromatic nitrogens is 2. The van der Waals surface area contributed by atoms with Gasteiger partial charge in [-0.25, -0.2) is 4.98 Å². The average molecular weight is 248 g/mol. The quantitative estimate of drug-likeness (QED) is 0.264. The monoisotopic (exact) mass is 248 g/mol. The van der Waals surface area contributed by atoms with Gasteiger partial charge in [-0.05, 0) is 0 Å². The largest absolute Gasteiger partial charge is 0.369 e. The maximum Gasteiger partial charge on any atom is 0.211 e. The predicted molar refractivity (Wildman–Crippen MR) is 68.8 cm³/mol. The van der Waals surface area contributed by atoms with Gasteiger partial charge in [0.2, 0.25) is 11.9 Å². The van der Waals surface area contributed by atoms with Crippen LogP contribution < -0.4 is 22.9 Å². The molecule has 10 nitrogen and oxygen atoms in total. The summed E-state index contributed by atoms with van der Waals surface area (Å²) in [6, 6.07) is 0. The van der Waals surface area contributed by atoms with E-state index >= 15 is 0 Å². The second-order valence-corrected chi connectivity index (χ2v) is 2.91. The molecule has 94 valence electrons. The Morgan fingerprint density at radius 1 is 0.889 bits per heavy atom. The van der Waals surface area contributed by atoms with Crippen molar-refractivity contribution in [3.05, 3.63) is 23.8 Å². The zero-order chi connectivity index (χ0) is 13.4. The lowest BCUT2D eigenvalue weighted by Gasteiger charge is -1.93. The number of nitrogens with zero attached hydrogens (tertiary/aromatic N) is 6. The van der Waals surface area contributed by atoms with Crippen LogP contribution in [0.2, 0.25) is 0 Å². The Kier molecular flexibility index (Phi) is 4.72. The van der Waals surface area contributed by atoms with Crippen LogP contribution in [0, 0.1) is 0 Å². The highest BCUT2D eigenvalue weighted by atomic mass is 15.3. The molecule has 8 N–H and O–H groups in total. The molecule has 0 aromatic carbocycles. The summed E-state index contributed by atoms with van der Waals surface area (Å²) in [6.45, 7) is 0. The Balaban J connectivity index is 2.80. The van der Waals surface area contributed by atoms with Crippen molar-refractivity contribution in [2.75, 3.05) is 0 Å². The van der Waals surface area contributed by atoms with Crippen LogP contribution in [0.15, 0.2) is 32.8 Å². The second kappa shape index (κ2) is 6.52. The van der Waals surface area contributed by atoms with E-state index in [1.807, 2.05) is 0 Å². The number of hydrogen-bond acceptors (Lipinski definition) is 6. The van der Waals surface area contributed by atoms with E-state index in [2.05, 4.69) is 30.4 Å². The Labute approximate surface area is 102 Å². The summed E-state index contributed by atoms with van der Waals surface area (Å²) in [6.07, 6.45) is 5.63. The number of guanidine groups is 2. The van der Waals surface area contributed by atoms with Crippen molar-refractivity contribution in [3.63, 3.8) is 0 Å². The third-order valence-corrected chi connectivity index (χ3v) is 1.40. The van der Waals surface area contributed by atoms with Gasteiger partial charge in [-0.3, -0.25) is 4.98 Å². The first kappa shape index (κ1) is 13.0. The van der Waals surface area contributed by atoms with Gasteiger partial charge < -0.3 is 22.9 Å². The zero-order valence-electron chi connectivity index (χ0n) is 9.30. The standard InChI is InChI=1S/C8H12N10/c9-7(10)17-14-3-5-1-13-2-6(16-5)4-15-18-8(11)12/h1-4H,(H4,9,10,17)(H4,11,12,18)/b14-3+,15-4+. The third kappa shape index (κ3) is 5.16. The minimum atomic E-state index is -0.148. The summed E-state index contributed by atoms with van der Waals surface area (Å²) >= 11 is 0. The molecule has 0 fully saturated rings. The highest BCUT2D eigenvalue weighted by Crippen LogP contribution is 1.92. The first-order chi connectivity index (χ1) is 8.58. The summed E-state index contributed by atoms with van der Waals surface area (Å²) < 4.78 is 0. The zero-order valence-corrected chi connectivity index (χ0v) is 9.30. The molecule has 0 aliphatic heterocycles. The summed E-state index contributed by atoms with van der Waals surface area (Å²) in [5, 5.41) is 14.0. The molecule has 0 unspecified atom stereocenters. The molecule has 0 aliphatic rings. The number of rotatable bonds is 4. The third-order valence-electron chi connectivity index (χ3n) is 1.40. The van der Waals surface area contributed by atoms with Crippen LogP contribution in [-0.4, -0.2) is 34.3 Å². The summed E-state index contributed by atoms with van der Waals surface area (Å²) in [4.78, 5) is 8.02. The lowest BCUT2D eigenvalue weighted by atomic mass is 10.4. The molecule has 0 aliphatic carbocycles. The van der Waals surface area contributed by atoms with E-state index in [-0.39, 0.29) is 11.9 Å². The molecule has 0 amide bonds. The molecule has 0 saturated carbocycles. The van der Waals surface area contributed by atoms with Gasteiger partial charge in [-0.15, -0.1) is 10.2 Å². The Morgan fingerprint density at radius 3 is 1.72 bits per heavy atom. The van der Waals surface area contributed by atoms with E-state index in [4.69, 9.17) is 22.9 Å². The van der Waals surface area contributed by atoms with Gasteiger partial charge in [0.05, 0.1) is 24.8 Å². The minimum Gasteiger partial charge on any atom is -0.369 e. The second-order valence-electron chi connectivity index (χ2n) is 2.91. The molecule has 1 aromatic rings. The highest BCUT2D eigenvalue weighted by Gasteiger charge is 1.93. The molecule has 0 bridgehead atoms. The van der Waals surface area contributed by atoms with Crippen molar-refractivity contribution in [1.29, 1.82) is 0 Å². The van der Waals surface area contributed by atoms with Crippen molar-refractivity contribution in [2.45, 2.75) is 0 Å². The van der Waals surface area contributed by atoms with Crippen LogP contribution in [0.25, 0.3) is 0 Å². The Bertz CT molecular complexity index is 463. The Morgan fingerprint density at radius 2 is 1.33 bits per heavy atom. The minimum absolute atomic E-state index is 0.148. The van der Waals surface area contributed by atoms with Gasteiger partial charge in [0, 0.05) is 0 Å². The molecule has 1 aromatic heterocycles. The van der Waals surface area contributed by atoms with Crippen LogP contribution in [-0.2, 0) is 0 Å². The van der Waals surface area contributed by atoms with Gasteiger partial charge in [0.25, 0.3) is 0 Å². The van der Waals surface area contributed by atoms with Crippen molar-refractivity contribution in [2.24, 2.45) is 43.3 Å². The summed E-state index contributed by atoms with van der Waals surface area (Å²) in [5.74, 6) is -0.297. The average Bonchev–Trinajstić information content (AvgIpc) is 2.28. The van der Waals surface area contributed by atoms with Crippen LogP contribution in [0.4, 0.5) is 0 Å². The Hall–Kier alpha value is -3.04. The van der Waals surface area contributed by atoms with Crippen LogP contribution in [0.5, 0.6) is 0 Å². The molecule has 10 heteroatoms. The molecular formula is C8H12N10. The molecule has 1 heterocycles. The van der Waals surface area contributed by atoms with Crippen LogP contribution in [0.1, 0.15) is 11.4 Å². The fourth-order valence-electron chi connectivity index (χ4n) is 0.831. The summed E-state index contributed by atoms with van der Waals surface area (Å²) in [5.41, 5.74) is 21.3. The van der Waals surface area contributed by atoms with Crippen molar-refractivity contribution in [3.8, 4) is 0 Å². The topological polar surface area (TPSA) is 179 Å². The first-order valence-corrected chi connectivity index (χ1v) is 4.64. The molecule has 18 heavy (non-hydrogen) atoms. The lowest BCUT2D eigenvalue weighted by molar-refractivity contribution is 1.14. The van der Waals surface area contributed by atoms with E-state index in [9.17, 15) is 0 Å². The molecule has 0 saturated heterocycles. The predicted octanol–water partition coefficient (Wildman–Crippen LogP) is -2.31. The summed E-state index contributed by atoms with van der Waals surface area (Å²) in [7, 11) is 0. The van der Waals surface area contributed by atoms with Crippen LogP contribution >= 0.6 is 0 Å². The van der Waals surface area contributed by atoms with E-state index in [0.717, 1.165) is 0 Å². The van der Waals surface area contributed by atoms with E-state index in [0.29, 0.717) is 11.4 Å². The molecule has 1 rings (SSSR count). The maximum absolute atomic E-state index is 5.10. The van der Waals surface area contributed by atoms with Gasteiger partial charge in [-0.1, -0.05) is 0 Å². The molecule has 0 spiro atoms. The van der Waals surface area contributed by atoms with Crippen molar-refractivity contribution in [1.82, 2.24) is 9.97 Å². The van der Waals surface area contributed by atoms with E-state index < -0.39 is 0 Å². The van der Waals surface area contributed by atoms with Gasteiger partial charge in [-0.2, -0.15) is 10.2 Å². The molecule has 0 radical (unpaired) electrons. The number of hydrogen-bond donors (Lipinski definition) is 4. The maximum atomic E-state index is 5.10. The lowest BCUT2D eigenvalue weighted by Crippen LogP contribution is -2.21. The van der Waals surface area contributed by atoms with Gasteiger partial charge >= 0.3 is 0 Å².